The van der Waals surface area contributed by atoms with Gasteiger partial charge in [0.2, 0.25) is 0 Å². The first-order valence-electron chi connectivity index (χ1n) is 22.4. The molecule has 0 spiro atoms. The predicted molar refractivity (Wildman–Crippen MR) is 222 cm³/mol. The number of phosphoric acid groups is 1. The highest BCUT2D eigenvalue weighted by molar-refractivity contribution is 7.45. The Morgan fingerprint density at radius 1 is 0.556 bits per heavy atom. The Kier molecular flexibility index (Phi) is 36.5. The van der Waals surface area contributed by atoms with E-state index in [4.69, 9.17) is 18.5 Å². The number of nitrogens with zero attached hydrogens (tertiary/aromatic N) is 1. The van der Waals surface area contributed by atoms with Crippen LogP contribution in [-0.4, -0.2) is 70.0 Å². The van der Waals surface area contributed by atoms with E-state index in [-0.39, 0.29) is 32.0 Å². The largest absolute Gasteiger partial charge is 0.756 e. The smallest absolute Gasteiger partial charge is 0.306 e. The zero-order valence-electron chi connectivity index (χ0n) is 35.9. The van der Waals surface area contributed by atoms with Crippen LogP contribution in [0.5, 0.6) is 0 Å². The molecule has 10 heteroatoms. The highest BCUT2D eigenvalue weighted by atomic mass is 31.2. The van der Waals surface area contributed by atoms with Crippen LogP contribution in [0.15, 0.2) is 12.2 Å². The molecule has 0 aromatic carbocycles. The van der Waals surface area contributed by atoms with E-state index in [1.54, 1.807) is 0 Å². The molecule has 0 amide bonds. The number of likely N-dealkylation sites (N-methyl/N-ethyl adjacent to an activating group) is 1. The molecule has 0 aromatic heterocycles. The summed E-state index contributed by atoms with van der Waals surface area (Å²) in [6, 6.07) is 0. The first kappa shape index (κ1) is 52.8. The van der Waals surface area contributed by atoms with Gasteiger partial charge in [-0.1, -0.05) is 167 Å². The maximum Gasteiger partial charge on any atom is 0.306 e. The molecule has 2 atom stereocenters. The summed E-state index contributed by atoms with van der Waals surface area (Å²) in [5, 5.41) is 0. The zero-order chi connectivity index (χ0) is 40.0. The van der Waals surface area contributed by atoms with Crippen LogP contribution < -0.4 is 4.89 Å². The first-order valence-corrected chi connectivity index (χ1v) is 23.9. The van der Waals surface area contributed by atoms with Crippen molar-refractivity contribution in [2.45, 2.75) is 213 Å². The lowest BCUT2D eigenvalue weighted by molar-refractivity contribution is -0.870. The molecule has 0 aromatic rings. The van der Waals surface area contributed by atoms with Crippen LogP contribution in [0.1, 0.15) is 206 Å². The Hall–Kier alpha value is -1.25. The van der Waals surface area contributed by atoms with Crippen molar-refractivity contribution in [3.8, 4) is 0 Å². The highest BCUT2D eigenvalue weighted by Crippen LogP contribution is 2.38. The van der Waals surface area contributed by atoms with Gasteiger partial charge in [0.05, 0.1) is 27.7 Å². The van der Waals surface area contributed by atoms with Crippen molar-refractivity contribution in [3.05, 3.63) is 12.2 Å². The second-order valence-corrected chi connectivity index (χ2v) is 17.8. The fourth-order valence-electron chi connectivity index (χ4n) is 6.24. The normalized spacial score (nSPS) is 13.7. The maximum atomic E-state index is 12.7. The molecule has 54 heavy (non-hydrogen) atoms. The fraction of sp³-hybridized carbons (Fsp3) is 0.909. The fourth-order valence-corrected chi connectivity index (χ4v) is 6.97. The number of ether oxygens (including phenoxy) is 2. The number of hydrogen-bond acceptors (Lipinski definition) is 8. The third-order valence-corrected chi connectivity index (χ3v) is 10.7. The van der Waals surface area contributed by atoms with E-state index < -0.39 is 26.5 Å². The third kappa shape index (κ3) is 40.4. The Labute approximate surface area is 333 Å². The quantitative estimate of drug-likeness (QED) is 0.0198. The lowest BCUT2D eigenvalue weighted by atomic mass is 10.0. The number of unbranched alkanes of at least 4 members (excludes halogenated alkanes) is 25. The molecule has 0 radical (unpaired) electrons. The average Bonchev–Trinajstić information content (AvgIpc) is 3.12. The predicted octanol–water partition coefficient (Wildman–Crippen LogP) is 11.9. The average molecular weight is 788 g/mol. The van der Waals surface area contributed by atoms with Gasteiger partial charge in [-0.2, -0.15) is 0 Å². The highest BCUT2D eigenvalue weighted by Gasteiger charge is 2.21. The lowest BCUT2D eigenvalue weighted by Gasteiger charge is -2.28. The molecule has 9 nitrogen and oxygen atoms in total. The van der Waals surface area contributed by atoms with E-state index in [9.17, 15) is 19.0 Å². The monoisotopic (exact) mass is 788 g/mol. The molecule has 0 fully saturated rings. The molecule has 0 saturated carbocycles. The zero-order valence-corrected chi connectivity index (χ0v) is 36.8. The minimum atomic E-state index is -4.62. The molecule has 0 bridgehead atoms. The Balaban J connectivity index is 4.34. The van der Waals surface area contributed by atoms with Crippen molar-refractivity contribution < 1.29 is 42.1 Å². The second-order valence-electron chi connectivity index (χ2n) is 16.4. The van der Waals surface area contributed by atoms with Crippen molar-refractivity contribution in [2.75, 3.05) is 47.5 Å². The Bertz CT molecular complexity index is 938. The van der Waals surface area contributed by atoms with Crippen LogP contribution in [0.2, 0.25) is 0 Å². The molecule has 0 aliphatic rings. The van der Waals surface area contributed by atoms with Crippen LogP contribution in [-0.2, 0) is 32.7 Å². The second kappa shape index (κ2) is 37.3. The molecular weight excluding hydrogens is 701 g/mol. The lowest BCUT2D eigenvalue weighted by Crippen LogP contribution is -2.37. The number of esters is 2. The number of carbonyl (C=O) groups excluding carboxylic acids is 2. The number of carbonyl (C=O) groups is 2. The standard InChI is InChI=1S/C44H86NO8P/c1-6-8-10-12-14-16-18-20-22-24-26-28-30-32-34-36-43(46)50-40-42(41-52-54(48,49)51-39-38-45(3,4)5)53-44(47)37-35-33-31-29-27-25-23-21-19-17-15-13-11-9-7-2/h20,22,42H,6-19,21,23-41H2,1-5H3/b22-20-/t42-/m0/s1. The van der Waals surface area contributed by atoms with Gasteiger partial charge in [0.15, 0.2) is 6.10 Å². The van der Waals surface area contributed by atoms with Crippen molar-refractivity contribution in [2.24, 2.45) is 0 Å². The van der Waals surface area contributed by atoms with Gasteiger partial charge >= 0.3 is 11.9 Å². The van der Waals surface area contributed by atoms with Gasteiger partial charge in [-0.05, 0) is 38.5 Å². The molecule has 0 saturated heterocycles. The first-order chi connectivity index (χ1) is 26.0. The maximum absolute atomic E-state index is 12.7. The van der Waals surface area contributed by atoms with Gasteiger partial charge in [0.25, 0.3) is 7.82 Å². The van der Waals surface area contributed by atoms with Gasteiger partial charge in [-0.3, -0.25) is 14.2 Å². The van der Waals surface area contributed by atoms with Crippen LogP contribution in [0, 0.1) is 0 Å². The van der Waals surface area contributed by atoms with Gasteiger partial charge in [0.1, 0.15) is 19.8 Å². The Morgan fingerprint density at radius 3 is 1.37 bits per heavy atom. The van der Waals surface area contributed by atoms with E-state index in [1.807, 2.05) is 21.1 Å². The molecule has 0 heterocycles. The topological polar surface area (TPSA) is 111 Å². The summed E-state index contributed by atoms with van der Waals surface area (Å²) in [5.74, 6) is -0.834. The van der Waals surface area contributed by atoms with Crippen LogP contribution in [0.3, 0.4) is 0 Å². The van der Waals surface area contributed by atoms with Crippen LogP contribution in [0.4, 0.5) is 0 Å². The van der Waals surface area contributed by atoms with Gasteiger partial charge in [0, 0.05) is 12.8 Å². The van der Waals surface area contributed by atoms with Crippen LogP contribution >= 0.6 is 7.82 Å². The third-order valence-electron chi connectivity index (χ3n) is 9.79. The minimum Gasteiger partial charge on any atom is -0.756 e. The van der Waals surface area contributed by atoms with Crippen molar-refractivity contribution in [3.63, 3.8) is 0 Å². The molecule has 0 N–H and O–H groups in total. The summed E-state index contributed by atoms with van der Waals surface area (Å²) in [6.07, 6.45) is 38.0. The van der Waals surface area contributed by atoms with Crippen molar-refractivity contribution >= 4 is 19.8 Å². The molecule has 1 unspecified atom stereocenters. The molecule has 0 rings (SSSR count). The van der Waals surface area contributed by atoms with E-state index >= 15 is 0 Å². The molecule has 0 aliphatic carbocycles. The van der Waals surface area contributed by atoms with Gasteiger partial charge in [-0.25, -0.2) is 0 Å². The summed E-state index contributed by atoms with van der Waals surface area (Å²) < 4.78 is 33.9. The van der Waals surface area contributed by atoms with Crippen molar-refractivity contribution in [1.82, 2.24) is 0 Å². The van der Waals surface area contributed by atoms with E-state index in [0.29, 0.717) is 17.4 Å². The summed E-state index contributed by atoms with van der Waals surface area (Å²) in [6.45, 7) is 4.23. The van der Waals surface area contributed by atoms with Gasteiger partial charge < -0.3 is 27.9 Å². The molecule has 320 valence electrons. The van der Waals surface area contributed by atoms with E-state index in [1.165, 1.54) is 122 Å². The minimum absolute atomic E-state index is 0.0289. The summed E-state index contributed by atoms with van der Waals surface area (Å²) in [7, 11) is 1.17. The number of allylic oxidation sites excluding steroid dienone is 2. The SMILES string of the molecule is CCCCCCCC/C=C\CCCCCCCC(=O)OC[C@@H](COP(=O)([O-])OCC[N+](C)(C)C)OC(=O)CCCCCCCCCCCCCCCCC. The molecular formula is C44H86NO8P. The summed E-state index contributed by atoms with van der Waals surface area (Å²) in [4.78, 5) is 37.5. The summed E-state index contributed by atoms with van der Waals surface area (Å²) >= 11 is 0. The van der Waals surface area contributed by atoms with E-state index in [0.717, 1.165) is 51.4 Å². The number of rotatable bonds is 41. The van der Waals surface area contributed by atoms with Crippen molar-refractivity contribution in [1.29, 1.82) is 0 Å². The summed E-state index contributed by atoms with van der Waals surface area (Å²) in [5.41, 5.74) is 0. The molecule has 0 aliphatic heterocycles. The van der Waals surface area contributed by atoms with E-state index in [2.05, 4.69) is 26.0 Å². The number of phosphoric ester groups is 1. The number of quaternary nitrogens is 1. The number of hydrogen-bond donors (Lipinski definition) is 0. The van der Waals surface area contributed by atoms with Gasteiger partial charge in [-0.15, -0.1) is 0 Å². The Morgan fingerprint density at radius 2 is 0.944 bits per heavy atom. The van der Waals surface area contributed by atoms with Crippen LogP contribution in [0.25, 0.3) is 0 Å².